The zero-order valence-corrected chi connectivity index (χ0v) is 25.2. The molecular weight excluding hydrogens is 476 g/mol. The number of ether oxygens (including phenoxy) is 1. The van der Waals surface area contributed by atoms with Crippen LogP contribution in [0.15, 0.2) is 0 Å². The van der Waals surface area contributed by atoms with Gasteiger partial charge in [-0.2, -0.15) is 0 Å². The van der Waals surface area contributed by atoms with Crippen molar-refractivity contribution in [2.45, 2.75) is 174 Å². The van der Waals surface area contributed by atoms with Gasteiger partial charge in [0, 0.05) is 19.5 Å². The summed E-state index contributed by atoms with van der Waals surface area (Å²) in [6.45, 7) is 6.97. The van der Waals surface area contributed by atoms with Gasteiger partial charge in [-0.15, -0.1) is 0 Å². The molecule has 2 atom stereocenters. The predicted molar refractivity (Wildman–Crippen MR) is 157 cm³/mol. The molecule has 2 amide bonds. The van der Waals surface area contributed by atoms with Crippen molar-refractivity contribution in [1.82, 2.24) is 10.2 Å². The van der Waals surface area contributed by atoms with Crippen molar-refractivity contribution in [3.8, 4) is 0 Å². The van der Waals surface area contributed by atoms with Crippen molar-refractivity contribution in [2.24, 2.45) is 0 Å². The Labute approximate surface area is 234 Å². The molecule has 6 heteroatoms. The summed E-state index contributed by atoms with van der Waals surface area (Å²) in [7, 11) is 0. The second-order valence-corrected chi connectivity index (χ2v) is 11.4. The molecule has 0 aromatic carbocycles. The van der Waals surface area contributed by atoms with Crippen LogP contribution in [0.25, 0.3) is 0 Å². The first kappa shape index (κ1) is 34.4. The van der Waals surface area contributed by atoms with Gasteiger partial charge in [0.25, 0.3) is 0 Å². The van der Waals surface area contributed by atoms with E-state index in [-0.39, 0.29) is 24.3 Å². The molecule has 1 aliphatic heterocycles. The van der Waals surface area contributed by atoms with E-state index in [2.05, 4.69) is 12.2 Å². The van der Waals surface area contributed by atoms with Gasteiger partial charge in [0.05, 0.1) is 12.5 Å². The highest BCUT2D eigenvalue weighted by molar-refractivity contribution is 5.91. The van der Waals surface area contributed by atoms with Crippen LogP contribution in [0, 0.1) is 0 Å². The van der Waals surface area contributed by atoms with Gasteiger partial charge in [0.1, 0.15) is 6.04 Å². The van der Waals surface area contributed by atoms with Crippen molar-refractivity contribution < 1.29 is 19.1 Å². The molecule has 38 heavy (non-hydrogen) atoms. The van der Waals surface area contributed by atoms with Crippen LogP contribution >= 0.6 is 0 Å². The van der Waals surface area contributed by atoms with Crippen molar-refractivity contribution in [3.63, 3.8) is 0 Å². The first-order valence-corrected chi connectivity index (χ1v) is 16.3. The van der Waals surface area contributed by atoms with E-state index in [0.29, 0.717) is 19.5 Å². The molecule has 0 aromatic heterocycles. The molecule has 6 nitrogen and oxygen atoms in total. The minimum absolute atomic E-state index is 0.0202. The maximum absolute atomic E-state index is 12.8. The van der Waals surface area contributed by atoms with Gasteiger partial charge in [0.15, 0.2) is 0 Å². The lowest BCUT2D eigenvalue weighted by Crippen LogP contribution is -2.57. The van der Waals surface area contributed by atoms with Crippen LogP contribution < -0.4 is 5.32 Å². The van der Waals surface area contributed by atoms with E-state index >= 15 is 0 Å². The molecule has 0 aliphatic carbocycles. The van der Waals surface area contributed by atoms with Crippen LogP contribution in [0.2, 0.25) is 0 Å². The van der Waals surface area contributed by atoms with Gasteiger partial charge >= 0.3 is 5.97 Å². The maximum Gasteiger partial charge on any atom is 0.308 e. The highest BCUT2D eigenvalue weighted by Gasteiger charge is 2.35. The third-order valence-electron chi connectivity index (χ3n) is 7.91. The first-order valence-electron chi connectivity index (χ1n) is 16.3. The summed E-state index contributed by atoms with van der Waals surface area (Å²) in [5.74, 6) is -0.685. The number of unbranched alkanes of at least 4 members (excludes halogenated alkanes) is 18. The molecule has 1 N–H and O–H groups in total. The van der Waals surface area contributed by atoms with Crippen LogP contribution in [-0.4, -0.2) is 47.9 Å². The highest BCUT2D eigenvalue weighted by atomic mass is 16.5. The molecule has 0 bridgehead atoms. The Hall–Kier alpha value is -1.59. The quantitative estimate of drug-likeness (QED) is 0.101. The summed E-state index contributed by atoms with van der Waals surface area (Å²) in [5.41, 5.74) is 0. The van der Waals surface area contributed by atoms with Crippen LogP contribution in [0.3, 0.4) is 0 Å². The average molecular weight is 537 g/mol. The molecule has 0 spiro atoms. The normalized spacial score (nSPS) is 16.3. The summed E-state index contributed by atoms with van der Waals surface area (Å²) < 4.78 is 5.32. The van der Waals surface area contributed by atoms with Gasteiger partial charge in [-0.1, -0.05) is 129 Å². The Morgan fingerprint density at radius 2 is 1.24 bits per heavy atom. The molecule has 1 fully saturated rings. The minimum Gasteiger partial charge on any atom is -0.463 e. The largest absolute Gasteiger partial charge is 0.463 e. The van der Waals surface area contributed by atoms with E-state index in [4.69, 9.17) is 4.74 Å². The Kier molecular flexibility index (Phi) is 21.1. The third kappa shape index (κ3) is 17.1. The zero-order valence-electron chi connectivity index (χ0n) is 25.2. The SMILES string of the molecule is CCCCCCCCCCCCCCCCCCCCCC(=O)N1CCNC(=O)C1CC(=O)OC(C)CC. The molecule has 1 rings (SSSR count). The number of carbonyl (C=O) groups is 3. The summed E-state index contributed by atoms with van der Waals surface area (Å²) in [4.78, 5) is 38.9. The fourth-order valence-electron chi connectivity index (χ4n) is 5.23. The maximum atomic E-state index is 12.8. The van der Waals surface area contributed by atoms with E-state index in [1.165, 1.54) is 103 Å². The number of carbonyl (C=O) groups excluding carboxylic acids is 3. The molecule has 222 valence electrons. The van der Waals surface area contributed by atoms with Crippen LogP contribution in [0.4, 0.5) is 0 Å². The number of hydrogen-bond donors (Lipinski definition) is 1. The molecule has 1 heterocycles. The Morgan fingerprint density at radius 1 is 0.789 bits per heavy atom. The standard InChI is InChI=1S/C32H60N2O4/c1-4-6-7-8-9-10-11-12-13-14-15-16-17-18-19-20-21-22-23-24-30(35)34-26-25-33-32(37)29(34)27-31(36)38-28(3)5-2/h28-29H,4-27H2,1-3H3,(H,33,37). The molecule has 0 saturated carbocycles. The molecule has 2 unspecified atom stereocenters. The van der Waals surface area contributed by atoms with Crippen molar-refractivity contribution in [3.05, 3.63) is 0 Å². The van der Waals surface area contributed by atoms with Crippen molar-refractivity contribution in [1.29, 1.82) is 0 Å². The number of rotatable bonds is 24. The third-order valence-corrected chi connectivity index (χ3v) is 7.91. The predicted octanol–water partition coefficient (Wildman–Crippen LogP) is 7.87. The smallest absolute Gasteiger partial charge is 0.308 e. The van der Waals surface area contributed by atoms with E-state index in [1.54, 1.807) is 4.90 Å². The lowest BCUT2D eigenvalue weighted by atomic mass is 10.0. The highest BCUT2D eigenvalue weighted by Crippen LogP contribution is 2.17. The van der Waals surface area contributed by atoms with E-state index in [0.717, 1.165) is 25.7 Å². The van der Waals surface area contributed by atoms with Gasteiger partial charge in [-0.05, 0) is 19.8 Å². The number of nitrogens with one attached hydrogen (secondary N) is 1. The number of piperazine rings is 1. The van der Waals surface area contributed by atoms with Crippen molar-refractivity contribution in [2.75, 3.05) is 13.1 Å². The summed E-state index contributed by atoms with van der Waals surface area (Å²) in [6, 6.07) is -0.742. The first-order chi connectivity index (χ1) is 18.5. The molecule has 1 saturated heterocycles. The Balaban J connectivity index is 1.99. The fourth-order valence-corrected chi connectivity index (χ4v) is 5.23. The van der Waals surface area contributed by atoms with E-state index < -0.39 is 12.0 Å². The number of amides is 2. The van der Waals surface area contributed by atoms with E-state index in [1.807, 2.05) is 13.8 Å². The molecule has 1 aliphatic rings. The van der Waals surface area contributed by atoms with Crippen LogP contribution in [0.1, 0.15) is 162 Å². The Bertz CT molecular complexity index is 625. The summed E-state index contributed by atoms with van der Waals surface area (Å²) >= 11 is 0. The Morgan fingerprint density at radius 3 is 1.68 bits per heavy atom. The second kappa shape index (κ2) is 23.3. The summed E-state index contributed by atoms with van der Waals surface area (Å²) in [5, 5.41) is 2.78. The number of hydrogen-bond acceptors (Lipinski definition) is 4. The van der Waals surface area contributed by atoms with Gasteiger partial charge in [0.2, 0.25) is 11.8 Å². The number of esters is 1. The van der Waals surface area contributed by atoms with E-state index in [9.17, 15) is 14.4 Å². The second-order valence-electron chi connectivity index (χ2n) is 11.4. The minimum atomic E-state index is -0.742. The van der Waals surface area contributed by atoms with Gasteiger partial charge in [-0.25, -0.2) is 0 Å². The van der Waals surface area contributed by atoms with Crippen LogP contribution in [0.5, 0.6) is 0 Å². The monoisotopic (exact) mass is 536 g/mol. The molecule has 0 aromatic rings. The van der Waals surface area contributed by atoms with Gasteiger partial charge in [-0.3, -0.25) is 14.4 Å². The zero-order chi connectivity index (χ0) is 27.8. The summed E-state index contributed by atoms with van der Waals surface area (Å²) in [6.07, 6.45) is 26.1. The average Bonchev–Trinajstić information content (AvgIpc) is 2.90. The molecular formula is C32H60N2O4. The molecule has 0 radical (unpaired) electrons. The topological polar surface area (TPSA) is 75.7 Å². The fraction of sp³-hybridized carbons (Fsp3) is 0.906. The van der Waals surface area contributed by atoms with Gasteiger partial charge < -0.3 is 15.0 Å². The lowest BCUT2D eigenvalue weighted by Gasteiger charge is -2.34. The van der Waals surface area contributed by atoms with Crippen LogP contribution in [-0.2, 0) is 19.1 Å². The number of nitrogens with zero attached hydrogens (tertiary/aromatic N) is 1. The van der Waals surface area contributed by atoms with Crippen molar-refractivity contribution >= 4 is 17.8 Å². The lowest BCUT2D eigenvalue weighted by molar-refractivity contribution is -0.154.